The molecule has 2 bridgehead atoms. The summed E-state index contributed by atoms with van der Waals surface area (Å²) < 4.78 is 48.6. The zero-order valence-corrected chi connectivity index (χ0v) is 30.9. The van der Waals surface area contributed by atoms with Crippen molar-refractivity contribution in [2.75, 3.05) is 57.7 Å². The maximum Gasteiger partial charge on any atom is 0.264 e. The molecule has 2 fully saturated rings. The number of rotatable bonds is 2. The lowest BCUT2D eigenvalue weighted by atomic mass is 9.64. The number of nitrogens with one attached hydrogen (secondary N) is 1. The molecule has 3 aliphatic heterocycles. The van der Waals surface area contributed by atoms with Gasteiger partial charge in [-0.3, -0.25) is 4.79 Å². The lowest BCUT2D eigenvalue weighted by Gasteiger charge is -2.49. The second-order valence-electron chi connectivity index (χ2n) is 15.8. The summed E-state index contributed by atoms with van der Waals surface area (Å²) in [5, 5.41) is 0.750. The van der Waals surface area contributed by atoms with Crippen LogP contribution in [0.3, 0.4) is 0 Å². The first kappa shape index (κ1) is 35.1. The molecule has 2 aliphatic carbocycles. The third-order valence-corrected chi connectivity index (χ3v) is 14.1. The summed E-state index contributed by atoms with van der Waals surface area (Å²) in [4.78, 5) is 18.1. The van der Waals surface area contributed by atoms with Crippen LogP contribution in [0.5, 0.6) is 5.75 Å². The molecule has 1 spiro atoms. The highest BCUT2D eigenvalue weighted by atomic mass is 35.5. The van der Waals surface area contributed by atoms with E-state index in [1.54, 1.807) is 6.07 Å². The molecule has 268 valence electrons. The zero-order valence-electron chi connectivity index (χ0n) is 29.3. The van der Waals surface area contributed by atoms with E-state index in [1.165, 1.54) is 11.1 Å². The summed E-state index contributed by atoms with van der Waals surface area (Å²) in [6, 6.07) is 11.9. The van der Waals surface area contributed by atoms with Gasteiger partial charge in [-0.15, -0.1) is 0 Å². The molecular weight excluding hydrogens is 662 g/mol. The van der Waals surface area contributed by atoms with Gasteiger partial charge in [-0.25, -0.2) is 13.1 Å². The highest BCUT2D eigenvalue weighted by Crippen LogP contribution is 2.49. The number of anilines is 1. The Balaban J connectivity index is 1.26. The molecule has 2 aromatic carbocycles. The Hall–Kier alpha value is -2.37. The van der Waals surface area contributed by atoms with Gasteiger partial charge < -0.3 is 24.0 Å². The number of hydrogen-bond acceptors (Lipinski definition) is 8. The summed E-state index contributed by atoms with van der Waals surface area (Å²) in [7, 11) is 0.266. The standard InChI is InChI=1S/C38H52ClN3O6S/c1-24-7-11-32(37-46-19-30(20-47-37)41(3)4)31-12-8-28(31)18-42-22-38(15-5-6-26-16-29(39)10-13-33(26)38)23-48-35-14-9-27(17-34(35)42)36(43)40-49(44,45)21-25(24)2/h9-10,13-14,16-17,24-25,28,30-32,37H,5-8,11-12,15,18-23H2,1-4H3,(H,40,43)/t24-,25+,28+,30-,31-,32+,37+,38+/m1/s1. The van der Waals surface area contributed by atoms with Gasteiger partial charge in [0.05, 0.1) is 37.3 Å². The van der Waals surface area contributed by atoms with Gasteiger partial charge in [-0.2, -0.15) is 0 Å². The smallest absolute Gasteiger partial charge is 0.264 e. The van der Waals surface area contributed by atoms with Crippen molar-refractivity contribution in [3.8, 4) is 5.75 Å². The van der Waals surface area contributed by atoms with Crippen LogP contribution in [0.4, 0.5) is 5.69 Å². The van der Waals surface area contributed by atoms with Crippen molar-refractivity contribution in [3.05, 3.63) is 58.1 Å². The van der Waals surface area contributed by atoms with Gasteiger partial charge >= 0.3 is 0 Å². The molecule has 3 heterocycles. The van der Waals surface area contributed by atoms with E-state index in [4.69, 9.17) is 25.8 Å². The Labute approximate surface area is 297 Å². The first-order valence-corrected chi connectivity index (χ1v) is 20.2. The number of sulfonamides is 1. The van der Waals surface area contributed by atoms with E-state index in [0.29, 0.717) is 37.2 Å². The predicted octanol–water partition coefficient (Wildman–Crippen LogP) is 5.88. The second kappa shape index (κ2) is 14.0. The molecule has 7 rings (SSSR count). The van der Waals surface area contributed by atoms with Gasteiger partial charge in [0.15, 0.2) is 6.29 Å². The molecule has 5 aliphatic rings. The minimum Gasteiger partial charge on any atom is -0.490 e. The Morgan fingerprint density at radius 2 is 1.76 bits per heavy atom. The molecule has 9 nitrogen and oxygen atoms in total. The van der Waals surface area contributed by atoms with E-state index in [0.717, 1.165) is 74.5 Å². The molecule has 0 radical (unpaired) electrons. The Morgan fingerprint density at radius 3 is 2.49 bits per heavy atom. The lowest BCUT2D eigenvalue weighted by Crippen LogP contribution is -2.52. The van der Waals surface area contributed by atoms with Crippen LogP contribution in [0.2, 0.25) is 5.02 Å². The fraction of sp³-hybridized carbons (Fsp3) is 0.658. The van der Waals surface area contributed by atoms with Crippen molar-refractivity contribution in [1.82, 2.24) is 9.62 Å². The summed E-state index contributed by atoms with van der Waals surface area (Å²) in [6.45, 7) is 7.45. The van der Waals surface area contributed by atoms with Gasteiger partial charge in [0.25, 0.3) is 5.91 Å². The normalized spacial score (nSPS) is 34.9. The molecule has 0 aromatic heterocycles. The monoisotopic (exact) mass is 713 g/mol. The number of benzene rings is 2. The number of halogens is 1. The number of hydrogen-bond donors (Lipinski definition) is 1. The summed E-state index contributed by atoms with van der Waals surface area (Å²) in [5.41, 5.74) is 3.49. The number of fused-ring (bicyclic) bond motifs is 4. The number of amides is 1. The van der Waals surface area contributed by atoms with E-state index in [-0.39, 0.29) is 41.3 Å². The van der Waals surface area contributed by atoms with Crippen LogP contribution in [-0.4, -0.2) is 84.3 Å². The lowest BCUT2D eigenvalue weighted by molar-refractivity contribution is -0.241. The van der Waals surface area contributed by atoms with Gasteiger partial charge in [0, 0.05) is 35.0 Å². The number of aryl methyl sites for hydroxylation is 1. The molecule has 1 amide bonds. The quantitative estimate of drug-likeness (QED) is 0.412. The number of carbonyl (C=O) groups excluding carboxylic acids is 1. The van der Waals surface area contributed by atoms with Crippen molar-refractivity contribution in [3.63, 3.8) is 0 Å². The Morgan fingerprint density at radius 1 is 0.980 bits per heavy atom. The van der Waals surface area contributed by atoms with Crippen LogP contribution >= 0.6 is 11.6 Å². The fourth-order valence-corrected chi connectivity index (χ4v) is 10.7. The topological polar surface area (TPSA) is 97.4 Å². The number of likely N-dealkylation sites (N-methyl/N-ethyl adjacent to an activating group) is 1. The molecule has 6 atom stereocenters. The highest BCUT2D eigenvalue weighted by molar-refractivity contribution is 7.90. The average Bonchev–Trinajstić information content (AvgIpc) is 3.20. The van der Waals surface area contributed by atoms with Crippen molar-refractivity contribution < 1.29 is 27.4 Å². The third kappa shape index (κ3) is 7.23. The molecule has 1 saturated carbocycles. The first-order chi connectivity index (χ1) is 23.4. The molecule has 2 aromatic rings. The average molecular weight is 714 g/mol. The third-order valence-electron chi connectivity index (χ3n) is 12.4. The maximum atomic E-state index is 13.5. The number of carbonyl (C=O) groups is 1. The second-order valence-corrected chi connectivity index (χ2v) is 18.1. The first-order valence-electron chi connectivity index (χ1n) is 18.2. The summed E-state index contributed by atoms with van der Waals surface area (Å²) >= 11 is 6.47. The van der Waals surface area contributed by atoms with Crippen LogP contribution in [0.1, 0.15) is 73.9 Å². The van der Waals surface area contributed by atoms with Crippen molar-refractivity contribution in [2.45, 2.75) is 76.5 Å². The van der Waals surface area contributed by atoms with Crippen LogP contribution in [-0.2, 0) is 31.3 Å². The van der Waals surface area contributed by atoms with E-state index in [9.17, 15) is 13.2 Å². The van der Waals surface area contributed by atoms with Gasteiger partial charge in [0.1, 0.15) is 5.75 Å². The molecule has 1 saturated heterocycles. The van der Waals surface area contributed by atoms with Crippen molar-refractivity contribution in [2.24, 2.45) is 29.6 Å². The van der Waals surface area contributed by atoms with Crippen LogP contribution in [0.15, 0.2) is 36.4 Å². The number of nitrogens with zero attached hydrogens (tertiary/aromatic N) is 2. The molecular formula is C38H52ClN3O6S. The van der Waals surface area contributed by atoms with E-state index in [2.05, 4.69) is 47.7 Å². The van der Waals surface area contributed by atoms with Crippen molar-refractivity contribution in [1.29, 1.82) is 0 Å². The van der Waals surface area contributed by atoms with Crippen LogP contribution in [0.25, 0.3) is 0 Å². The SMILES string of the molecule is C[C@@H]1CC[C@H]([C@H]2OC[C@@H](N(C)C)CO2)[C@@H]2CC[C@H]2CN2C[C@@]3(CCCc4cc(Cl)ccc43)COc3ccc(cc32)C(=O)NS(=O)(=O)C[C@@H]1C. The Kier molecular flexibility index (Phi) is 10.0. The molecule has 49 heavy (non-hydrogen) atoms. The Bertz CT molecular complexity index is 1650. The number of ether oxygens (including phenoxy) is 3. The molecule has 0 unspecified atom stereocenters. The minimum absolute atomic E-state index is 0.107. The van der Waals surface area contributed by atoms with E-state index >= 15 is 0 Å². The molecule has 1 N–H and O–H groups in total. The van der Waals surface area contributed by atoms with Gasteiger partial charge in [-0.1, -0.05) is 31.5 Å². The van der Waals surface area contributed by atoms with Gasteiger partial charge in [0.2, 0.25) is 10.0 Å². The van der Waals surface area contributed by atoms with E-state index in [1.807, 2.05) is 25.1 Å². The van der Waals surface area contributed by atoms with Crippen LogP contribution < -0.4 is 14.4 Å². The van der Waals surface area contributed by atoms with Crippen molar-refractivity contribution >= 4 is 33.2 Å². The summed E-state index contributed by atoms with van der Waals surface area (Å²) in [5.74, 6) is 1.07. The summed E-state index contributed by atoms with van der Waals surface area (Å²) in [6.07, 6.45) is 6.73. The predicted molar refractivity (Wildman–Crippen MR) is 192 cm³/mol. The van der Waals surface area contributed by atoms with E-state index < -0.39 is 15.9 Å². The molecule has 11 heteroatoms. The fourth-order valence-electron chi connectivity index (χ4n) is 9.02. The zero-order chi connectivity index (χ0) is 34.5. The maximum absolute atomic E-state index is 13.5. The largest absolute Gasteiger partial charge is 0.490 e. The van der Waals surface area contributed by atoms with Crippen LogP contribution in [0, 0.1) is 29.6 Å². The highest BCUT2D eigenvalue weighted by Gasteiger charge is 2.47. The minimum atomic E-state index is -3.86. The van der Waals surface area contributed by atoms with Gasteiger partial charge in [-0.05, 0) is 124 Å².